The fourth-order valence-electron chi connectivity index (χ4n) is 2.53. The maximum Gasteiger partial charge on any atom is 0.254 e. The van der Waals surface area contributed by atoms with E-state index in [0.717, 1.165) is 12.0 Å². The number of anilines is 1. The molecule has 1 amide bonds. The Morgan fingerprint density at radius 3 is 2.84 bits per heavy atom. The van der Waals surface area contributed by atoms with Crippen LogP contribution in [0.2, 0.25) is 0 Å². The second kappa shape index (κ2) is 5.61. The van der Waals surface area contributed by atoms with Crippen LogP contribution in [-0.4, -0.2) is 36.1 Å². The predicted molar refractivity (Wildman–Crippen MR) is 76.1 cm³/mol. The van der Waals surface area contributed by atoms with Gasteiger partial charge in [-0.05, 0) is 44.0 Å². The number of carbonyl (C=O) groups is 1. The molecule has 0 aromatic heterocycles. The average molecular weight is 262 g/mol. The topological polar surface area (TPSA) is 55.6 Å². The molecule has 1 aliphatic heterocycles. The third kappa shape index (κ3) is 3.07. The molecule has 4 nitrogen and oxygen atoms in total. The largest absolute Gasteiger partial charge is 0.399 e. The molecule has 19 heavy (non-hydrogen) atoms. The predicted octanol–water partition coefficient (Wildman–Crippen LogP) is 2.22. The van der Waals surface area contributed by atoms with Crippen LogP contribution in [0.3, 0.4) is 0 Å². The molecule has 1 aliphatic rings. The fourth-order valence-corrected chi connectivity index (χ4v) is 2.53. The van der Waals surface area contributed by atoms with E-state index in [4.69, 9.17) is 10.5 Å². The summed E-state index contributed by atoms with van der Waals surface area (Å²) < 4.78 is 5.63. The zero-order chi connectivity index (χ0) is 14.0. The Hall–Kier alpha value is -1.55. The van der Waals surface area contributed by atoms with Crippen LogP contribution in [0.1, 0.15) is 36.2 Å². The highest BCUT2D eigenvalue weighted by atomic mass is 16.5. The molecular weight excluding hydrogens is 240 g/mol. The molecule has 1 heterocycles. The highest BCUT2D eigenvalue weighted by molar-refractivity contribution is 5.95. The molecule has 0 aliphatic carbocycles. The van der Waals surface area contributed by atoms with Gasteiger partial charge in [0.25, 0.3) is 5.91 Å². The smallest absolute Gasteiger partial charge is 0.254 e. The lowest BCUT2D eigenvalue weighted by atomic mass is 10.1. The summed E-state index contributed by atoms with van der Waals surface area (Å²) in [5, 5.41) is 0. The lowest BCUT2D eigenvalue weighted by Gasteiger charge is -2.38. The molecule has 4 heteroatoms. The molecule has 1 aromatic carbocycles. The van der Waals surface area contributed by atoms with Crippen molar-refractivity contribution in [2.75, 3.05) is 18.9 Å². The Labute approximate surface area is 114 Å². The minimum Gasteiger partial charge on any atom is -0.399 e. The molecule has 1 aromatic rings. The van der Waals surface area contributed by atoms with Gasteiger partial charge in [-0.2, -0.15) is 0 Å². The Morgan fingerprint density at radius 1 is 1.47 bits per heavy atom. The first-order valence-corrected chi connectivity index (χ1v) is 6.81. The number of nitrogens with zero attached hydrogens (tertiary/aromatic N) is 1. The fraction of sp³-hybridized carbons (Fsp3) is 0.533. The number of rotatable bonds is 2. The monoisotopic (exact) mass is 262 g/mol. The van der Waals surface area contributed by atoms with Crippen molar-refractivity contribution in [3.63, 3.8) is 0 Å². The number of ether oxygens (including phenoxy) is 1. The van der Waals surface area contributed by atoms with E-state index in [-0.39, 0.29) is 18.1 Å². The number of amides is 1. The number of aryl methyl sites for hydroxylation is 1. The van der Waals surface area contributed by atoms with E-state index in [1.54, 1.807) is 6.07 Å². The van der Waals surface area contributed by atoms with Gasteiger partial charge in [0.05, 0.1) is 18.8 Å². The Balaban J connectivity index is 2.25. The minimum absolute atomic E-state index is 0.0531. The van der Waals surface area contributed by atoms with E-state index in [9.17, 15) is 4.79 Å². The van der Waals surface area contributed by atoms with E-state index in [1.807, 2.05) is 30.9 Å². The van der Waals surface area contributed by atoms with Gasteiger partial charge in [0.1, 0.15) is 0 Å². The summed E-state index contributed by atoms with van der Waals surface area (Å²) in [5.74, 6) is 0.0531. The Bertz CT molecular complexity index is 453. The maximum absolute atomic E-state index is 12.6. The standard InChI is InChI=1S/C15H22N2O2/c1-4-14-9-19-11(3)8-17(14)15(18)12-5-10(2)6-13(16)7-12/h5-7,11,14H,4,8-9,16H2,1-3H3. The summed E-state index contributed by atoms with van der Waals surface area (Å²) in [5.41, 5.74) is 8.15. The van der Waals surface area contributed by atoms with Crippen molar-refractivity contribution in [3.05, 3.63) is 29.3 Å². The average Bonchev–Trinajstić information content (AvgIpc) is 2.36. The second-order valence-corrected chi connectivity index (χ2v) is 5.30. The van der Waals surface area contributed by atoms with E-state index in [1.165, 1.54) is 0 Å². The number of morpholine rings is 1. The number of nitrogens with two attached hydrogens (primary N) is 1. The molecule has 2 unspecified atom stereocenters. The molecular formula is C15H22N2O2. The third-order valence-corrected chi connectivity index (χ3v) is 3.55. The van der Waals surface area contributed by atoms with Crippen molar-refractivity contribution in [1.29, 1.82) is 0 Å². The summed E-state index contributed by atoms with van der Waals surface area (Å²) in [6, 6.07) is 5.68. The summed E-state index contributed by atoms with van der Waals surface area (Å²) in [6.07, 6.45) is 0.994. The SMILES string of the molecule is CCC1COC(C)CN1C(=O)c1cc(C)cc(N)c1. The van der Waals surface area contributed by atoms with Crippen LogP contribution in [0.4, 0.5) is 5.69 Å². The molecule has 0 saturated carbocycles. The summed E-state index contributed by atoms with van der Waals surface area (Å²) in [4.78, 5) is 14.6. The van der Waals surface area contributed by atoms with Crippen molar-refractivity contribution >= 4 is 11.6 Å². The normalized spacial score (nSPS) is 23.4. The van der Waals surface area contributed by atoms with Gasteiger partial charge in [-0.15, -0.1) is 0 Å². The summed E-state index contributed by atoms with van der Waals surface area (Å²) in [7, 11) is 0. The first kappa shape index (κ1) is 13.9. The first-order valence-electron chi connectivity index (χ1n) is 6.81. The van der Waals surface area contributed by atoms with Crippen molar-refractivity contribution in [1.82, 2.24) is 4.90 Å². The Kier molecular flexibility index (Phi) is 4.10. The molecule has 0 radical (unpaired) electrons. The van der Waals surface area contributed by atoms with Crippen LogP contribution >= 0.6 is 0 Å². The van der Waals surface area contributed by atoms with E-state index in [0.29, 0.717) is 24.4 Å². The van der Waals surface area contributed by atoms with Crippen LogP contribution in [0.5, 0.6) is 0 Å². The lowest BCUT2D eigenvalue weighted by Crippen LogP contribution is -2.51. The van der Waals surface area contributed by atoms with Gasteiger partial charge in [0.2, 0.25) is 0 Å². The molecule has 2 N–H and O–H groups in total. The first-order chi connectivity index (χ1) is 9.01. The van der Waals surface area contributed by atoms with Gasteiger partial charge < -0.3 is 15.4 Å². The van der Waals surface area contributed by atoms with Crippen molar-refractivity contribution < 1.29 is 9.53 Å². The van der Waals surface area contributed by atoms with Crippen LogP contribution < -0.4 is 5.73 Å². The second-order valence-electron chi connectivity index (χ2n) is 5.30. The molecule has 1 saturated heterocycles. The number of hydrogen-bond donors (Lipinski definition) is 1. The summed E-state index contributed by atoms with van der Waals surface area (Å²) in [6.45, 7) is 7.29. The highest BCUT2D eigenvalue weighted by Crippen LogP contribution is 2.20. The zero-order valence-corrected chi connectivity index (χ0v) is 11.8. The van der Waals surface area contributed by atoms with Gasteiger partial charge >= 0.3 is 0 Å². The molecule has 2 rings (SSSR count). The van der Waals surface area contributed by atoms with Gasteiger partial charge in [0, 0.05) is 17.8 Å². The van der Waals surface area contributed by atoms with E-state index >= 15 is 0 Å². The zero-order valence-electron chi connectivity index (χ0n) is 11.8. The van der Waals surface area contributed by atoms with Crippen LogP contribution in [0.25, 0.3) is 0 Å². The summed E-state index contributed by atoms with van der Waals surface area (Å²) >= 11 is 0. The van der Waals surface area contributed by atoms with Crippen LogP contribution in [0, 0.1) is 6.92 Å². The van der Waals surface area contributed by atoms with Crippen molar-refractivity contribution in [2.24, 2.45) is 0 Å². The molecule has 2 atom stereocenters. The number of hydrogen-bond acceptors (Lipinski definition) is 3. The van der Waals surface area contributed by atoms with Crippen molar-refractivity contribution in [3.8, 4) is 0 Å². The quantitative estimate of drug-likeness (QED) is 0.831. The van der Waals surface area contributed by atoms with Gasteiger partial charge in [0.15, 0.2) is 0 Å². The van der Waals surface area contributed by atoms with Gasteiger partial charge in [-0.1, -0.05) is 6.92 Å². The number of carbonyl (C=O) groups excluding carboxylic acids is 1. The molecule has 104 valence electrons. The Morgan fingerprint density at radius 2 is 2.21 bits per heavy atom. The lowest BCUT2D eigenvalue weighted by molar-refractivity contribution is -0.0444. The molecule has 0 spiro atoms. The van der Waals surface area contributed by atoms with Crippen LogP contribution in [0.15, 0.2) is 18.2 Å². The molecule has 1 fully saturated rings. The molecule has 0 bridgehead atoms. The third-order valence-electron chi connectivity index (χ3n) is 3.55. The van der Waals surface area contributed by atoms with E-state index < -0.39 is 0 Å². The van der Waals surface area contributed by atoms with Crippen LogP contribution in [-0.2, 0) is 4.74 Å². The highest BCUT2D eigenvalue weighted by Gasteiger charge is 2.30. The van der Waals surface area contributed by atoms with Gasteiger partial charge in [-0.25, -0.2) is 0 Å². The maximum atomic E-state index is 12.6. The van der Waals surface area contributed by atoms with Crippen molar-refractivity contribution in [2.45, 2.75) is 39.3 Å². The number of nitrogen functional groups attached to an aromatic ring is 1. The van der Waals surface area contributed by atoms with E-state index in [2.05, 4.69) is 6.92 Å². The number of benzene rings is 1. The minimum atomic E-state index is 0.0531. The van der Waals surface area contributed by atoms with Gasteiger partial charge in [-0.3, -0.25) is 4.79 Å².